The lowest BCUT2D eigenvalue weighted by Gasteiger charge is -2.44. The molecule has 0 aromatic heterocycles. The highest BCUT2D eigenvalue weighted by Crippen LogP contribution is 2.45. The largest absolute Gasteiger partial charge is 0.268 e. The molecule has 1 aliphatic heterocycles. The maximum absolute atomic E-state index is 6.32. The molecule has 0 aromatic rings. The average molecular weight is 232 g/mol. The lowest BCUT2D eigenvalue weighted by molar-refractivity contribution is 0.102. The predicted octanol–water partition coefficient (Wildman–Crippen LogP) is 3.04. The zero-order chi connectivity index (χ0) is 12.6. The molecule has 2 unspecified atom stereocenters. The first-order valence-electron chi connectivity index (χ1n) is 6.55. The Labute approximate surface area is 105 Å². The van der Waals surface area contributed by atoms with Crippen LogP contribution in [0.15, 0.2) is 35.5 Å². The van der Waals surface area contributed by atoms with Gasteiger partial charge in [-0.2, -0.15) is 0 Å². The van der Waals surface area contributed by atoms with E-state index in [2.05, 4.69) is 57.0 Å². The van der Waals surface area contributed by atoms with Crippen LogP contribution >= 0.6 is 0 Å². The van der Waals surface area contributed by atoms with E-state index in [1.54, 1.807) is 0 Å². The standard InChI is InChI=1S/C15H24N2/c1-11(2)15-13(4)10-12(3)6-5-7-14(15)8-9-17(15)16/h5-7,10-11,14H,8-9,16H2,1-4H3. The zero-order valence-corrected chi connectivity index (χ0v) is 11.4. The summed E-state index contributed by atoms with van der Waals surface area (Å²) in [5.74, 6) is 7.38. The molecule has 0 spiro atoms. The van der Waals surface area contributed by atoms with Gasteiger partial charge in [0.25, 0.3) is 0 Å². The highest BCUT2D eigenvalue weighted by atomic mass is 15.5. The predicted molar refractivity (Wildman–Crippen MR) is 73.2 cm³/mol. The summed E-state index contributed by atoms with van der Waals surface area (Å²) in [5, 5.41) is 2.07. The molecule has 2 atom stereocenters. The van der Waals surface area contributed by atoms with Crippen molar-refractivity contribution < 1.29 is 0 Å². The van der Waals surface area contributed by atoms with Gasteiger partial charge in [0.2, 0.25) is 0 Å². The molecule has 0 amide bonds. The lowest BCUT2D eigenvalue weighted by Crippen LogP contribution is -2.56. The number of fused-ring (bicyclic) bond motifs is 1. The molecule has 0 saturated carbocycles. The molecular weight excluding hydrogens is 208 g/mol. The summed E-state index contributed by atoms with van der Waals surface area (Å²) in [4.78, 5) is 0. The van der Waals surface area contributed by atoms with Gasteiger partial charge >= 0.3 is 0 Å². The van der Waals surface area contributed by atoms with Crippen LogP contribution in [0.5, 0.6) is 0 Å². The molecule has 0 bridgehead atoms. The smallest absolute Gasteiger partial charge is 0.0646 e. The third-order valence-corrected chi connectivity index (χ3v) is 4.38. The summed E-state index contributed by atoms with van der Waals surface area (Å²) in [7, 11) is 0. The summed E-state index contributed by atoms with van der Waals surface area (Å²) in [6.07, 6.45) is 10.2. The minimum Gasteiger partial charge on any atom is -0.268 e. The van der Waals surface area contributed by atoms with Gasteiger partial charge in [-0.05, 0) is 26.2 Å². The fourth-order valence-electron chi connectivity index (χ4n) is 3.72. The van der Waals surface area contributed by atoms with Gasteiger partial charge in [-0.15, -0.1) is 0 Å². The molecule has 1 heterocycles. The normalized spacial score (nSPS) is 34.1. The zero-order valence-electron chi connectivity index (χ0n) is 11.4. The Morgan fingerprint density at radius 3 is 2.76 bits per heavy atom. The number of nitrogens with zero attached hydrogens (tertiary/aromatic N) is 1. The summed E-state index contributed by atoms with van der Waals surface area (Å²) in [6.45, 7) is 9.93. The second-order valence-corrected chi connectivity index (χ2v) is 5.69. The van der Waals surface area contributed by atoms with E-state index in [0.29, 0.717) is 11.8 Å². The molecule has 0 aromatic carbocycles. The first-order valence-corrected chi connectivity index (χ1v) is 6.55. The van der Waals surface area contributed by atoms with Crippen molar-refractivity contribution in [3.05, 3.63) is 35.5 Å². The van der Waals surface area contributed by atoms with E-state index in [1.807, 2.05) is 0 Å². The van der Waals surface area contributed by atoms with Gasteiger partial charge in [0.1, 0.15) is 0 Å². The molecular formula is C15H24N2. The maximum Gasteiger partial charge on any atom is 0.0646 e. The van der Waals surface area contributed by atoms with Gasteiger partial charge in [-0.1, -0.05) is 49.3 Å². The Morgan fingerprint density at radius 2 is 2.12 bits per heavy atom. The Kier molecular flexibility index (Phi) is 3.28. The second-order valence-electron chi connectivity index (χ2n) is 5.69. The molecule has 1 fully saturated rings. The molecule has 2 aliphatic rings. The first-order chi connectivity index (χ1) is 7.99. The van der Waals surface area contributed by atoms with Crippen molar-refractivity contribution in [2.45, 2.75) is 39.7 Å². The number of hydrogen-bond acceptors (Lipinski definition) is 2. The van der Waals surface area contributed by atoms with Gasteiger partial charge in [0.05, 0.1) is 5.54 Å². The number of hydrogen-bond donors (Lipinski definition) is 1. The Bertz CT molecular complexity index is 390. The van der Waals surface area contributed by atoms with Crippen molar-refractivity contribution in [3.8, 4) is 0 Å². The van der Waals surface area contributed by atoms with Gasteiger partial charge in [0, 0.05) is 12.5 Å². The van der Waals surface area contributed by atoms with Gasteiger partial charge in [-0.3, -0.25) is 5.84 Å². The van der Waals surface area contributed by atoms with E-state index < -0.39 is 0 Å². The van der Waals surface area contributed by atoms with Crippen LogP contribution in [0.25, 0.3) is 0 Å². The van der Waals surface area contributed by atoms with Crippen LogP contribution in [0.1, 0.15) is 34.1 Å². The van der Waals surface area contributed by atoms with Crippen molar-refractivity contribution in [3.63, 3.8) is 0 Å². The van der Waals surface area contributed by atoms with Crippen molar-refractivity contribution in [2.24, 2.45) is 17.7 Å². The number of nitrogens with two attached hydrogens (primary N) is 1. The topological polar surface area (TPSA) is 29.3 Å². The van der Waals surface area contributed by atoms with Crippen LogP contribution < -0.4 is 5.84 Å². The number of rotatable bonds is 1. The third-order valence-electron chi connectivity index (χ3n) is 4.38. The van der Waals surface area contributed by atoms with Gasteiger partial charge in [-0.25, -0.2) is 5.01 Å². The molecule has 2 heteroatoms. The van der Waals surface area contributed by atoms with Crippen LogP contribution in [0.4, 0.5) is 0 Å². The number of allylic oxidation sites excluding steroid dienone is 4. The Hall–Kier alpha value is -0.860. The van der Waals surface area contributed by atoms with Gasteiger partial charge in [0.15, 0.2) is 0 Å². The third kappa shape index (κ3) is 1.80. The van der Waals surface area contributed by atoms with Crippen LogP contribution in [-0.4, -0.2) is 17.1 Å². The van der Waals surface area contributed by atoms with Crippen molar-refractivity contribution in [1.29, 1.82) is 0 Å². The minimum atomic E-state index is 0.00597. The summed E-state index contributed by atoms with van der Waals surface area (Å²) < 4.78 is 0. The van der Waals surface area contributed by atoms with Crippen LogP contribution in [0, 0.1) is 11.8 Å². The minimum absolute atomic E-state index is 0.00597. The molecule has 94 valence electrons. The maximum atomic E-state index is 6.32. The van der Waals surface area contributed by atoms with E-state index in [-0.39, 0.29) is 5.54 Å². The van der Waals surface area contributed by atoms with Gasteiger partial charge < -0.3 is 0 Å². The Balaban J connectivity index is 2.57. The molecule has 1 aliphatic carbocycles. The number of hydrazine groups is 1. The highest BCUT2D eigenvalue weighted by Gasteiger charge is 2.49. The van der Waals surface area contributed by atoms with E-state index >= 15 is 0 Å². The summed E-state index contributed by atoms with van der Waals surface area (Å²) >= 11 is 0. The van der Waals surface area contributed by atoms with E-state index in [1.165, 1.54) is 11.1 Å². The lowest BCUT2D eigenvalue weighted by atomic mass is 9.70. The van der Waals surface area contributed by atoms with E-state index in [9.17, 15) is 0 Å². The Morgan fingerprint density at radius 1 is 1.41 bits per heavy atom. The summed E-state index contributed by atoms with van der Waals surface area (Å²) in [6, 6.07) is 0. The summed E-state index contributed by atoms with van der Waals surface area (Å²) in [5.41, 5.74) is 2.71. The van der Waals surface area contributed by atoms with E-state index in [4.69, 9.17) is 5.84 Å². The molecule has 2 rings (SSSR count). The molecule has 2 nitrogen and oxygen atoms in total. The molecule has 2 N–H and O–H groups in total. The van der Waals surface area contributed by atoms with Crippen LogP contribution in [0.3, 0.4) is 0 Å². The highest BCUT2D eigenvalue weighted by molar-refractivity contribution is 5.37. The second kappa shape index (κ2) is 4.43. The van der Waals surface area contributed by atoms with E-state index in [0.717, 1.165) is 13.0 Å². The molecule has 17 heavy (non-hydrogen) atoms. The fraction of sp³-hybridized carbons (Fsp3) is 0.600. The first kappa shape index (κ1) is 12.6. The molecule has 0 radical (unpaired) electrons. The van der Waals surface area contributed by atoms with Crippen LogP contribution in [-0.2, 0) is 0 Å². The van der Waals surface area contributed by atoms with Crippen molar-refractivity contribution in [2.75, 3.05) is 6.54 Å². The quantitative estimate of drug-likeness (QED) is 0.704. The van der Waals surface area contributed by atoms with Crippen molar-refractivity contribution >= 4 is 0 Å². The molecule has 1 saturated heterocycles. The van der Waals surface area contributed by atoms with Crippen LogP contribution in [0.2, 0.25) is 0 Å². The monoisotopic (exact) mass is 232 g/mol. The fourth-order valence-corrected chi connectivity index (χ4v) is 3.72. The van der Waals surface area contributed by atoms with Crippen molar-refractivity contribution in [1.82, 2.24) is 5.01 Å². The average Bonchev–Trinajstić information content (AvgIpc) is 2.54. The SMILES string of the molecule is CC1=CC=CC2CCN(N)C2(C(C)C)C(C)=C1.